The highest BCUT2D eigenvalue weighted by Crippen LogP contribution is 2.17. The zero-order valence-corrected chi connectivity index (χ0v) is 9.71. The molecule has 0 aliphatic carbocycles. The Morgan fingerprint density at radius 1 is 1.57 bits per heavy atom. The summed E-state index contributed by atoms with van der Waals surface area (Å²) in [6, 6.07) is 0. The highest BCUT2D eigenvalue weighted by Gasteiger charge is 2.26. The summed E-state index contributed by atoms with van der Waals surface area (Å²) in [6.45, 7) is 5.71. The van der Waals surface area contributed by atoms with Crippen molar-refractivity contribution in [2.24, 2.45) is 4.40 Å². The molecule has 0 saturated carbocycles. The van der Waals surface area contributed by atoms with Gasteiger partial charge in [-0.25, -0.2) is 0 Å². The summed E-state index contributed by atoms with van der Waals surface area (Å²) in [6.07, 6.45) is 7.22. The highest BCUT2D eigenvalue weighted by atomic mass is 32.2. The molecule has 0 aromatic heterocycles. The summed E-state index contributed by atoms with van der Waals surface area (Å²) >= 11 is -1.17. The number of hydrogen-bond acceptors (Lipinski definition) is 3. The van der Waals surface area contributed by atoms with Crippen LogP contribution in [0.1, 0.15) is 33.6 Å². The largest absolute Gasteiger partial charge is 0.591 e. The Kier molecular flexibility index (Phi) is 4.01. The molecule has 0 aromatic carbocycles. The van der Waals surface area contributed by atoms with Crippen molar-refractivity contribution in [3.05, 3.63) is 12.3 Å². The van der Waals surface area contributed by atoms with E-state index in [0.29, 0.717) is 0 Å². The van der Waals surface area contributed by atoms with Crippen molar-refractivity contribution in [2.45, 2.75) is 44.5 Å². The lowest BCUT2D eigenvalue weighted by Gasteiger charge is -2.19. The Morgan fingerprint density at radius 2 is 2.29 bits per heavy atom. The molecule has 1 rings (SSSR count). The third kappa shape index (κ3) is 3.72. The van der Waals surface area contributed by atoms with Gasteiger partial charge in [0, 0.05) is 0 Å². The maximum Gasteiger partial charge on any atom is 0.144 e. The molecule has 1 heterocycles. The Balaban J connectivity index is 2.42. The summed E-state index contributed by atoms with van der Waals surface area (Å²) in [5, 5.41) is 0. The molecule has 80 valence electrons. The van der Waals surface area contributed by atoms with E-state index in [0.717, 1.165) is 12.8 Å². The SMILES string of the molecule is CC(C)(C)[S+]([O-])/N=C/C1CCC=CO1. The van der Waals surface area contributed by atoms with Crippen LogP contribution in [-0.4, -0.2) is 21.6 Å². The average Bonchev–Trinajstić information content (AvgIpc) is 2.14. The lowest BCUT2D eigenvalue weighted by molar-refractivity contribution is 0.185. The van der Waals surface area contributed by atoms with Gasteiger partial charge in [0.15, 0.2) is 0 Å². The average molecular weight is 215 g/mol. The second-order valence-corrected chi connectivity index (χ2v) is 6.17. The number of allylic oxidation sites excluding steroid dienone is 1. The van der Waals surface area contributed by atoms with E-state index in [1.54, 1.807) is 12.5 Å². The zero-order valence-electron chi connectivity index (χ0n) is 8.90. The normalized spacial score (nSPS) is 25.0. The maximum absolute atomic E-state index is 11.5. The van der Waals surface area contributed by atoms with Gasteiger partial charge in [-0.05, 0) is 39.7 Å². The first-order chi connectivity index (χ1) is 6.50. The van der Waals surface area contributed by atoms with Gasteiger partial charge in [0.25, 0.3) is 0 Å². The molecule has 0 fully saturated rings. The van der Waals surface area contributed by atoms with Crippen LogP contribution >= 0.6 is 0 Å². The van der Waals surface area contributed by atoms with Crippen molar-refractivity contribution in [2.75, 3.05) is 0 Å². The molecule has 1 aliphatic rings. The molecule has 0 aromatic rings. The molecule has 1 aliphatic heterocycles. The minimum Gasteiger partial charge on any atom is -0.591 e. The summed E-state index contributed by atoms with van der Waals surface area (Å²) in [5.74, 6) is 0. The van der Waals surface area contributed by atoms with Crippen LogP contribution in [0.2, 0.25) is 0 Å². The Labute approximate surface area is 88.6 Å². The first kappa shape index (κ1) is 11.6. The first-order valence-corrected chi connectivity index (χ1v) is 5.87. The monoisotopic (exact) mass is 215 g/mol. The molecule has 14 heavy (non-hydrogen) atoms. The number of nitrogens with zero attached hydrogens (tertiary/aromatic N) is 1. The fraction of sp³-hybridized carbons (Fsp3) is 0.700. The van der Waals surface area contributed by atoms with Crippen LogP contribution < -0.4 is 0 Å². The van der Waals surface area contributed by atoms with Gasteiger partial charge < -0.3 is 9.29 Å². The molecule has 0 N–H and O–H groups in total. The first-order valence-electron chi connectivity index (χ1n) is 4.77. The summed E-state index contributed by atoms with van der Waals surface area (Å²) in [7, 11) is 0. The molecule has 2 atom stereocenters. The summed E-state index contributed by atoms with van der Waals surface area (Å²) < 4.78 is 20.5. The quantitative estimate of drug-likeness (QED) is 0.523. The fourth-order valence-corrected chi connectivity index (χ4v) is 1.51. The van der Waals surface area contributed by atoms with Crippen molar-refractivity contribution in [3.63, 3.8) is 0 Å². The predicted molar refractivity (Wildman–Crippen MR) is 59.6 cm³/mol. The van der Waals surface area contributed by atoms with E-state index in [-0.39, 0.29) is 10.9 Å². The minimum atomic E-state index is -1.17. The highest BCUT2D eigenvalue weighted by molar-refractivity contribution is 7.91. The van der Waals surface area contributed by atoms with Gasteiger partial charge in [-0.1, -0.05) is 4.40 Å². The van der Waals surface area contributed by atoms with Crippen molar-refractivity contribution < 1.29 is 9.29 Å². The topological polar surface area (TPSA) is 44.7 Å². The lowest BCUT2D eigenvalue weighted by Crippen LogP contribution is -2.27. The second-order valence-electron chi connectivity index (χ2n) is 4.24. The molecule has 0 radical (unpaired) electrons. The number of hydrogen-bond donors (Lipinski definition) is 0. The van der Waals surface area contributed by atoms with E-state index in [1.807, 2.05) is 26.8 Å². The summed E-state index contributed by atoms with van der Waals surface area (Å²) in [5.41, 5.74) is 0. The number of rotatable bonds is 2. The molecular weight excluding hydrogens is 198 g/mol. The maximum atomic E-state index is 11.5. The summed E-state index contributed by atoms with van der Waals surface area (Å²) in [4.78, 5) is 0. The van der Waals surface area contributed by atoms with Crippen molar-refractivity contribution in [1.29, 1.82) is 0 Å². The van der Waals surface area contributed by atoms with E-state index in [1.165, 1.54) is 0 Å². The van der Waals surface area contributed by atoms with Gasteiger partial charge in [-0.2, -0.15) is 0 Å². The van der Waals surface area contributed by atoms with Gasteiger partial charge in [0.2, 0.25) is 0 Å². The van der Waals surface area contributed by atoms with E-state index in [9.17, 15) is 4.55 Å². The van der Waals surface area contributed by atoms with E-state index >= 15 is 0 Å². The standard InChI is InChI=1S/C10H17NO2S/c1-10(2,3)14(12)11-8-9-6-4-5-7-13-9/h5,7-9H,4,6H2,1-3H3/b11-8+. The van der Waals surface area contributed by atoms with Crippen LogP contribution in [0.25, 0.3) is 0 Å². The van der Waals surface area contributed by atoms with Crippen LogP contribution in [-0.2, 0) is 16.1 Å². The van der Waals surface area contributed by atoms with Crippen LogP contribution in [0.4, 0.5) is 0 Å². The third-order valence-corrected chi connectivity index (χ3v) is 3.18. The molecule has 0 saturated heterocycles. The Bertz CT molecular complexity index is 233. The minimum absolute atomic E-state index is 0.00806. The van der Waals surface area contributed by atoms with Gasteiger partial charge in [-0.15, -0.1) is 0 Å². The van der Waals surface area contributed by atoms with Gasteiger partial charge in [0.1, 0.15) is 22.2 Å². The van der Waals surface area contributed by atoms with Crippen LogP contribution in [0.3, 0.4) is 0 Å². The molecular formula is C10H17NO2S. The molecule has 2 unspecified atom stereocenters. The van der Waals surface area contributed by atoms with Crippen LogP contribution in [0, 0.1) is 0 Å². The lowest BCUT2D eigenvalue weighted by atomic mass is 10.2. The fourth-order valence-electron chi connectivity index (χ4n) is 0.944. The Hall–Kier alpha value is -0.480. The Morgan fingerprint density at radius 3 is 2.79 bits per heavy atom. The van der Waals surface area contributed by atoms with Gasteiger partial charge >= 0.3 is 0 Å². The predicted octanol–water partition coefficient (Wildman–Crippen LogP) is 2.21. The number of ether oxygens (including phenoxy) is 1. The molecule has 4 heteroatoms. The van der Waals surface area contributed by atoms with Crippen molar-refractivity contribution in [1.82, 2.24) is 0 Å². The second kappa shape index (κ2) is 4.84. The van der Waals surface area contributed by atoms with E-state index in [4.69, 9.17) is 4.74 Å². The molecule has 0 spiro atoms. The van der Waals surface area contributed by atoms with Crippen LogP contribution in [0.15, 0.2) is 16.7 Å². The van der Waals surface area contributed by atoms with Crippen molar-refractivity contribution in [3.8, 4) is 0 Å². The van der Waals surface area contributed by atoms with Crippen molar-refractivity contribution >= 4 is 17.6 Å². The molecule has 3 nitrogen and oxygen atoms in total. The van der Waals surface area contributed by atoms with Gasteiger partial charge in [-0.3, -0.25) is 0 Å². The smallest absolute Gasteiger partial charge is 0.144 e. The third-order valence-electron chi connectivity index (χ3n) is 1.81. The zero-order chi connectivity index (χ0) is 10.6. The van der Waals surface area contributed by atoms with E-state index < -0.39 is 11.4 Å². The van der Waals surface area contributed by atoms with Crippen LogP contribution in [0.5, 0.6) is 0 Å². The molecule has 0 amide bonds. The molecule has 0 bridgehead atoms. The van der Waals surface area contributed by atoms with E-state index in [2.05, 4.69) is 4.40 Å². The van der Waals surface area contributed by atoms with Gasteiger partial charge in [0.05, 0.1) is 12.5 Å².